The highest BCUT2D eigenvalue weighted by Gasteiger charge is 2.05. The molecule has 0 saturated carbocycles. The molecule has 0 radical (unpaired) electrons. The Morgan fingerprint density at radius 3 is 2.74 bits per heavy atom. The van der Waals surface area contributed by atoms with Crippen molar-refractivity contribution in [3.05, 3.63) is 54.1 Å². The maximum Gasteiger partial charge on any atom is 0.176 e. The Bertz CT molecular complexity index is 754. The minimum atomic E-state index is 0.520. The van der Waals surface area contributed by atoms with Gasteiger partial charge < -0.3 is 10.1 Å². The summed E-state index contributed by atoms with van der Waals surface area (Å²) in [6.45, 7) is 5.09. The van der Waals surface area contributed by atoms with E-state index in [-0.39, 0.29) is 0 Å². The molecule has 0 aliphatic heterocycles. The van der Waals surface area contributed by atoms with Gasteiger partial charge in [-0.15, -0.1) is 10.2 Å². The van der Waals surface area contributed by atoms with Crippen molar-refractivity contribution in [1.82, 2.24) is 25.0 Å². The smallest absolute Gasteiger partial charge is 0.176 e. The summed E-state index contributed by atoms with van der Waals surface area (Å²) in [5, 5.41) is 15.9. The Labute approximate surface area is 134 Å². The zero-order chi connectivity index (χ0) is 16.1. The topological polar surface area (TPSA) is 77.8 Å². The average molecular weight is 310 g/mol. The van der Waals surface area contributed by atoms with Crippen LogP contribution in [0.2, 0.25) is 0 Å². The highest BCUT2D eigenvalue weighted by atomic mass is 16.5. The van der Waals surface area contributed by atoms with Gasteiger partial charge >= 0.3 is 0 Å². The molecule has 0 aliphatic rings. The van der Waals surface area contributed by atoms with E-state index >= 15 is 0 Å². The van der Waals surface area contributed by atoms with Crippen molar-refractivity contribution >= 4 is 5.82 Å². The number of nitrogens with zero attached hydrogens (tertiary/aromatic N) is 5. The quantitative estimate of drug-likeness (QED) is 0.703. The summed E-state index contributed by atoms with van der Waals surface area (Å²) in [4.78, 5) is 3.99. The van der Waals surface area contributed by atoms with Gasteiger partial charge in [0.2, 0.25) is 0 Å². The SMILES string of the molecule is Cc1cc(C)n(-c2ccc(NCCOc3cccnc3)nn2)n1. The molecule has 0 aliphatic carbocycles. The monoisotopic (exact) mass is 310 g/mol. The normalized spacial score (nSPS) is 10.5. The van der Waals surface area contributed by atoms with E-state index in [1.807, 2.05) is 44.2 Å². The van der Waals surface area contributed by atoms with Gasteiger partial charge in [-0.2, -0.15) is 5.10 Å². The van der Waals surface area contributed by atoms with Gasteiger partial charge in [-0.3, -0.25) is 4.98 Å². The van der Waals surface area contributed by atoms with Gasteiger partial charge in [0.25, 0.3) is 0 Å². The highest BCUT2D eigenvalue weighted by molar-refractivity contribution is 5.36. The van der Waals surface area contributed by atoms with Crippen LogP contribution in [0.3, 0.4) is 0 Å². The van der Waals surface area contributed by atoms with E-state index in [4.69, 9.17) is 4.74 Å². The third-order valence-electron chi connectivity index (χ3n) is 3.19. The van der Waals surface area contributed by atoms with E-state index in [0.717, 1.165) is 17.1 Å². The van der Waals surface area contributed by atoms with Crippen LogP contribution < -0.4 is 10.1 Å². The number of anilines is 1. The molecule has 3 heterocycles. The van der Waals surface area contributed by atoms with E-state index in [9.17, 15) is 0 Å². The predicted octanol–water partition coefficient (Wildman–Crippen LogP) is 2.17. The average Bonchev–Trinajstić information content (AvgIpc) is 2.92. The Morgan fingerprint density at radius 2 is 2.09 bits per heavy atom. The zero-order valence-corrected chi connectivity index (χ0v) is 13.1. The molecule has 7 nitrogen and oxygen atoms in total. The van der Waals surface area contributed by atoms with E-state index in [1.165, 1.54) is 0 Å². The molecule has 0 aromatic carbocycles. The first-order valence-corrected chi connectivity index (χ1v) is 7.36. The fourth-order valence-electron chi connectivity index (χ4n) is 2.17. The minimum Gasteiger partial charge on any atom is -0.490 e. The van der Waals surface area contributed by atoms with Gasteiger partial charge in [-0.05, 0) is 44.2 Å². The van der Waals surface area contributed by atoms with Crippen LogP contribution in [-0.2, 0) is 0 Å². The molecular weight excluding hydrogens is 292 g/mol. The lowest BCUT2D eigenvalue weighted by Gasteiger charge is -2.08. The number of ether oxygens (including phenoxy) is 1. The van der Waals surface area contributed by atoms with E-state index in [0.29, 0.717) is 24.8 Å². The molecule has 0 spiro atoms. The largest absolute Gasteiger partial charge is 0.490 e. The van der Waals surface area contributed by atoms with Crippen molar-refractivity contribution < 1.29 is 4.74 Å². The molecule has 0 fully saturated rings. The first-order chi connectivity index (χ1) is 11.2. The fourth-order valence-corrected chi connectivity index (χ4v) is 2.17. The lowest BCUT2D eigenvalue weighted by atomic mass is 10.4. The second-order valence-corrected chi connectivity index (χ2v) is 5.08. The summed E-state index contributed by atoms with van der Waals surface area (Å²) in [7, 11) is 0. The van der Waals surface area contributed by atoms with E-state index < -0.39 is 0 Å². The van der Waals surface area contributed by atoms with Crippen molar-refractivity contribution in [3.63, 3.8) is 0 Å². The second-order valence-electron chi connectivity index (χ2n) is 5.08. The third-order valence-corrected chi connectivity index (χ3v) is 3.19. The number of aryl methyl sites for hydroxylation is 2. The number of rotatable bonds is 6. The van der Waals surface area contributed by atoms with Gasteiger partial charge in [0.1, 0.15) is 18.2 Å². The van der Waals surface area contributed by atoms with Crippen LogP contribution in [0.5, 0.6) is 5.75 Å². The molecule has 118 valence electrons. The van der Waals surface area contributed by atoms with Crippen LogP contribution in [0.25, 0.3) is 5.82 Å². The number of pyridine rings is 1. The first-order valence-electron chi connectivity index (χ1n) is 7.36. The number of hydrogen-bond donors (Lipinski definition) is 1. The standard InChI is InChI=1S/C16H18N6O/c1-12-10-13(2)22(21-12)16-6-5-15(19-20-16)18-8-9-23-14-4-3-7-17-11-14/h3-7,10-11H,8-9H2,1-2H3,(H,18,19). The molecule has 3 aromatic heterocycles. The zero-order valence-electron chi connectivity index (χ0n) is 13.1. The van der Waals surface area contributed by atoms with Crippen LogP contribution in [0.1, 0.15) is 11.4 Å². The molecule has 7 heteroatoms. The number of aromatic nitrogens is 5. The molecule has 0 saturated heterocycles. The Balaban J connectivity index is 1.53. The van der Waals surface area contributed by atoms with Gasteiger partial charge in [-0.1, -0.05) is 0 Å². The molecule has 0 amide bonds. The maximum absolute atomic E-state index is 5.55. The van der Waals surface area contributed by atoms with Crippen LogP contribution in [0.15, 0.2) is 42.7 Å². The minimum absolute atomic E-state index is 0.520. The summed E-state index contributed by atoms with van der Waals surface area (Å²) in [6, 6.07) is 9.48. The third kappa shape index (κ3) is 3.82. The molecule has 1 N–H and O–H groups in total. The van der Waals surface area contributed by atoms with Gasteiger partial charge in [-0.25, -0.2) is 4.68 Å². The van der Waals surface area contributed by atoms with Crippen LogP contribution in [0, 0.1) is 13.8 Å². The van der Waals surface area contributed by atoms with Crippen LogP contribution in [0.4, 0.5) is 5.82 Å². The van der Waals surface area contributed by atoms with Crippen molar-refractivity contribution in [2.45, 2.75) is 13.8 Å². The lowest BCUT2D eigenvalue weighted by molar-refractivity contribution is 0.331. The molecule has 3 aromatic rings. The van der Waals surface area contributed by atoms with Gasteiger partial charge in [0.15, 0.2) is 5.82 Å². The lowest BCUT2D eigenvalue weighted by Crippen LogP contribution is -2.13. The van der Waals surface area contributed by atoms with Crippen LogP contribution >= 0.6 is 0 Å². The van der Waals surface area contributed by atoms with Crippen molar-refractivity contribution in [2.24, 2.45) is 0 Å². The Hall–Kier alpha value is -2.96. The summed E-state index contributed by atoms with van der Waals surface area (Å²) in [5.41, 5.74) is 1.99. The van der Waals surface area contributed by atoms with Crippen LogP contribution in [-0.4, -0.2) is 38.1 Å². The molecular formula is C16H18N6O. The van der Waals surface area contributed by atoms with Crippen molar-refractivity contribution in [3.8, 4) is 11.6 Å². The Morgan fingerprint density at radius 1 is 1.17 bits per heavy atom. The molecule has 0 atom stereocenters. The Kier molecular flexibility index (Phi) is 4.46. The highest BCUT2D eigenvalue weighted by Crippen LogP contribution is 2.10. The molecule has 0 bridgehead atoms. The van der Waals surface area contributed by atoms with Crippen molar-refractivity contribution in [2.75, 3.05) is 18.5 Å². The summed E-state index contributed by atoms with van der Waals surface area (Å²) in [5.74, 6) is 2.15. The van der Waals surface area contributed by atoms with Crippen molar-refractivity contribution in [1.29, 1.82) is 0 Å². The summed E-state index contributed by atoms with van der Waals surface area (Å²) >= 11 is 0. The predicted molar refractivity (Wildman–Crippen MR) is 86.8 cm³/mol. The van der Waals surface area contributed by atoms with E-state index in [1.54, 1.807) is 17.1 Å². The van der Waals surface area contributed by atoms with E-state index in [2.05, 4.69) is 25.6 Å². The molecule has 3 rings (SSSR count). The number of nitrogens with one attached hydrogen (secondary N) is 1. The first kappa shape index (κ1) is 15.0. The second kappa shape index (κ2) is 6.87. The summed E-state index contributed by atoms with van der Waals surface area (Å²) < 4.78 is 7.33. The van der Waals surface area contributed by atoms with Gasteiger partial charge in [0, 0.05) is 11.9 Å². The fraction of sp³-hybridized carbons (Fsp3) is 0.250. The molecule has 23 heavy (non-hydrogen) atoms. The van der Waals surface area contributed by atoms with Gasteiger partial charge in [0.05, 0.1) is 18.4 Å². The molecule has 0 unspecified atom stereocenters. The summed E-state index contributed by atoms with van der Waals surface area (Å²) in [6.07, 6.45) is 3.40. The number of hydrogen-bond acceptors (Lipinski definition) is 6. The maximum atomic E-state index is 5.55.